The molecular formula is C23H24ClN3O. The molecule has 1 amide bonds. The largest absolute Gasteiger partial charge is 0.360 e. The van der Waals surface area contributed by atoms with Gasteiger partial charge in [0.15, 0.2) is 0 Å². The van der Waals surface area contributed by atoms with Gasteiger partial charge in [-0.1, -0.05) is 35.9 Å². The fourth-order valence-corrected chi connectivity index (χ4v) is 3.62. The van der Waals surface area contributed by atoms with E-state index >= 15 is 0 Å². The van der Waals surface area contributed by atoms with Gasteiger partial charge in [0.05, 0.1) is 6.04 Å². The predicted octanol–water partition coefficient (Wildman–Crippen LogP) is 5.22. The maximum Gasteiger partial charge on any atom is 0.263 e. The molecule has 1 aliphatic carbocycles. The summed E-state index contributed by atoms with van der Waals surface area (Å²) in [7, 11) is 0. The third-order valence-electron chi connectivity index (χ3n) is 5.22. The van der Waals surface area contributed by atoms with Crippen molar-refractivity contribution in [3.63, 3.8) is 0 Å². The molecule has 28 heavy (non-hydrogen) atoms. The van der Waals surface area contributed by atoms with Crippen molar-refractivity contribution >= 4 is 23.2 Å². The smallest absolute Gasteiger partial charge is 0.263 e. The van der Waals surface area contributed by atoms with Crippen molar-refractivity contribution in [3.8, 4) is 6.07 Å². The first kappa shape index (κ1) is 20.0. The number of hydrogen-bond acceptors (Lipinski definition) is 3. The number of amides is 1. The van der Waals surface area contributed by atoms with Gasteiger partial charge in [0.25, 0.3) is 5.91 Å². The second kappa shape index (κ2) is 8.95. The van der Waals surface area contributed by atoms with E-state index in [1.165, 1.54) is 30.2 Å². The van der Waals surface area contributed by atoms with Crippen molar-refractivity contribution in [2.45, 2.75) is 45.6 Å². The molecule has 0 saturated heterocycles. The van der Waals surface area contributed by atoms with Crippen LogP contribution in [-0.2, 0) is 17.6 Å². The zero-order valence-corrected chi connectivity index (χ0v) is 16.9. The highest BCUT2D eigenvalue weighted by Crippen LogP contribution is 2.25. The minimum Gasteiger partial charge on any atom is -0.360 e. The summed E-state index contributed by atoms with van der Waals surface area (Å²) in [5, 5.41) is 16.0. The number of nitriles is 1. The van der Waals surface area contributed by atoms with E-state index in [-0.39, 0.29) is 11.6 Å². The zero-order valence-electron chi connectivity index (χ0n) is 16.2. The minimum atomic E-state index is -0.403. The Hall–Kier alpha value is -2.77. The summed E-state index contributed by atoms with van der Waals surface area (Å²) < 4.78 is 0. The zero-order chi connectivity index (χ0) is 20.1. The molecule has 2 aromatic rings. The van der Waals surface area contributed by atoms with Crippen LogP contribution in [0.1, 0.15) is 48.1 Å². The van der Waals surface area contributed by atoms with Gasteiger partial charge in [-0.25, -0.2) is 0 Å². The molecule has 4 nitrogen and oxygen atoms in total. The molecule has 1 aliphatic rings. The highest BCUT2D eigenvalue weighted by Gasteiger charge is 2.16. The van der Waals surface area contributed by atoms with E-state index in [2.05, 4.69) is 28.8 Å². The van der Waals surface area contributed by atoms with Crippen molar-refractivity contribution < 1.29 is 4.79 Å². The van der Waals surface area contributed by atoms with Gasteiger partial charge >= 0.3 is 0 Å². The highest BCUT2D eigenvalue weighted by molar-refractivity contribution is 6.31. The first-order chi connectivity index (χ1) is 13.5. The molecule has 0 heterocycles. The topological polar surface area (TPSA) is 64.9 Å². The summed E-state index contributed by atoms with van der Waals surface area (Å²) >= 11 is 6.11. The number of rotatable bonds is 5. The molecule has 0 radical (unpaired) electrons. The van der Waals surface area contributed by atoms with Crippen LogP contribution in [0.15, 0.2) is 48.2 Å². The van der Waals surface area contributed by atoms with Crippen LogP contribution in [0, 0.1) is 18.3 Å². The molecule has 0 saturated carbocycles. The Morgan fingerprint density at radius 1 is 1.21 bits per heavy atom. The van der Waals surface area contributed by atoms with Crippen LogP contribution in [0.25, 0.3) is 0 Å². The van der Waals surface area contributed by atoms with Gasteiger partial charge in [0, 0.05) is 16.9 Å². The van der Waals surface area contributed by atoms with Gasteiger partial charge in [-0.2, -0.15) is 5.26 Å². The lowest BCUT2D eigenvalue weighted by Gasteiger charge is -2.20. The van der Waals surface area contributed by atoms with Crippen LogP contribution < -0.4 is 10.6 Å². The van der Waals surface area contributed by atoms with Crippen LogP contribution in [0.2, 0.25) is 5.02 Å². The number of hydrogen-bond donors (Lipinski definition) is 2. The Balaban J connectivity index is 1.69. The summed E-state index contributed by atoms with van der Waals surface area (Å²) in [6.07, 6.45) is 6.11. The summed E-state index contributed by atoms with van der Waals surface area (Å²) in [5.41, 5.74) is 5.48. The molecule has 0 aromatic heterocycles. The van der Waals surface area contributed by atoms with Crippen molar-refractivity contribution in [3.05, 3.63) is 75.4 Å². The number of carbonyl (C=O) groups excluding carboxylic acids is 1. The van der Waals surface area contributed by atoms with Gasteiger partial charge in [-0.15, -0.1) is 0 Å². The second-order valence-electron chi connectivity index (χ2n) is 7.16. The molecule has 144 valence electrons. The molecule has 1 unspecified atom stereocenters. The highest BCUT2D eigenvalue weighted by atomic mass is 35.5. The fourth-order valence-electron chi connectivity index (χ4n) is 3.44. The monoisotopic (exact) mass is 393 g/mol. The van der Waals surface area contributed by atoms with E-state index in [0.29, 0.717) is 5.02 Å². The van der Waals surface area contributed by atoms with Crippen LogP contribution in [-0.4, -0.2) is 5.91 Å². The first-order valence-corrected chi connectivity index (χ1v) is 9.92. The van der Waals surface area contributed by atoms with E-state index in [4.69, 9.17) is 11.6 Å². The van der Waals surface area contributed by atoms with Crippen LogP contribution in [0.4, 0.5) is 5.69 Å². The van der Waals surface area contributed by atoms with Crippen LogP contribution in [0.3, 0.4) is 0 Å². The third-order valence-corrected chi connectivity index (χ3v) is 5.63. The van der Waals surface area contributed by atoms with E-state index in [9.17, 15) is 10.1 Å². The number of halogens is 1. The maximum absolute atomic E-state index is 12.6. The summed E-state index contributed by atoms with van der Waals surface area (Å²) in [5.74, 6) is -0.403. The van der Waals surface area contributed by atoms with Crippen molar-refractivity contribution in [2.75, 3.05) is 5.32 Å². The number of benzene rings is 2. The average Bonchev–Trinajstić information content (AvgIpc) is 2.71. The normalized spacial score (nSPS) is 14.6. The first-order valence-electron chi connectivity index (χ1n) is 9.54. The molecule has 2 N–H and O–H groups in total. The van der Waals surface area contributed by atoms with E-state index in [1.807, 2.05) is 32.0 Å². The Bertz CT molecular complexity index is 959. The Kier molecular flexibility index (Phi) is 6.38. The van der Waals surface area contributed by atoms with E-state index in [0.717, 1.165) is 29.7 Å². The van der Waals surface area contributed by atoms with Crippen LogP contribution in [0.5, 0.6) is 0 Å². The number of fused-ring (bicyclic) bond motifs is 1. The number of nitrogens with one attached hydrogen (secondary N) is 2. The summed E-state index contributed by atoms with van der Waals surface area (Å²) in [6, 6.07) is 13.7. The molecule has 2 aromatic carbocycles. The average molecular weight is 394 g/mol. The summed E-state index contributed by atoms with van der Waals surface area (Å²) in [4.78, 5) is 12.6. The number of carbonyl (C=O) groups is 1. The standard InChI is InChI=1S/C23H24ClN3O/c1-15-21(24)8-5-9-22(15)26-14-20(13-25)23(28)27-16(2)18-11-10-17-6-3-4-7-19(17)12-18/h5,8-12,14,16,26H,3-4,6-7H2,1-2H3,(H,27,28)/b20-14-. The maximum atomic E-state index is 12.6. The lowest BCUT2D eigenvalue weighted by molar-refractivity contribution is -0.117. The van der Waals surface area contributed by atoms with Crippen molar-refractivity contribution in [2.24, 2.45) is 0 Å². The predicted molar refractivity (Wildman–Crippen MR) is 113 cm³/mol. The molecule has 5 heteroatoms. The lowest BCUT2D eigenvalue weighted by atomic mass is 9.89. The minimum absolute atomic E-state index is 0.0178. The van der Waals surface area contributed by atoms with Gasteiger partial charge < -0.3 is 10.6 Å². The van der Waals surface area contributed by atoms with E-state index in [1.54, 1.807) is 6.07 Å². The Morgan fingerprint density at radius 2 is 1.96 bits per heavy atom. The molecule has 0 bridgehead atoms. The quantitative estimate of drug-likeness (QED) is 0.540. The lowest BCUT2D eigenvalue weighted by Crippen LogP contribution is -2.28. The van der Waals surface area contributed by atoms with Gasteiger partial charge in [0.2, 0.25) is 0 Å². The van der Waals surface area contributed by atoms with Crippen molar-refractivity contribution in [1.82, 2.24) is 5.32 Å². The SMILES string of the molecule is Cc1c(Cl)cccc1N/C=C(/C#N)C(=O)NC(C)c1ccc2c(c1)CCCC2. The Labute approximate surface area is 171 Å². The molecular weight excluding hydrogens is 370 g/mol. The number of aryl methyl sites for hydroxylation is 2. The molecule has 0 spiro atoms. The van der Waals surface area contributed by atoms with Crippen molar-refractivity contribution in [1.29, 1.82) is 5.26 Å². The van der Waals surface area contributed by atoms with E-state index < -0.39 is 5.91 Å². The fraction of sp³-hybridized carbons (Fsp3) is 0.304. The van der Waals surface area contributed by atoms with Gasteiger partial charge in [0.1, 0.15) is 11.6 Å². The third kappa shape index (κ3) is 4.55. The van der Waals surface area contributed by atoms with Crippen LogP contribution >= 0.6 is 11.6 Å². The van der Waals surface area contributed by atoms with Gasteiger partial charge in [-0.3, -0.25) is 4.79 Å². The molecule has 1 atom stereocenters. The summed E-state index contributed by atoms with van der Waals surface area (Å²) in [6.45, 7) is 3.81. The number of anilines is 1. The number of nitrogens with zero attached hydrogens (tertiary/aromatic N) is 1. The van der Waals surface area contributed by atoms with Gasteiger partial charge in [-0.05, 0) is 73.9 Å². The molecule has 3 rings (SSSR count). The second-order valence-corrected chi connectivity index (χ2v) is 7.56. The molecule has 0 aliphatic heterocycles. The Morgan fingerprint density at radius 3 is 2.71 bits per heavy atom. The molecule has 0 fully saturated rings.